The minimum absolute atomic E-state index is 0.0504. The maximum Gasteiger partial charge on any atom is 0.243 e. The summed E-state index contributed by atoms with van der Waals surface area (Å²) in [6.07, 6.45) is 3.10. The van der Waals surface area contributed by atoms with E-state index >= 15 is 0 Å². The summed E-state index contributed by atoms with van der Waals surface area (Å²) in [5.41, 5.74) is 6.27. The van der Waals surface area contributed by atoms with Gasteiger partial charge in [-0.3, -0.25) is 4.98 Å². The van der Waals surface area contributed by atoms with Gasteiger partial charge in [-0.1, -0.05) is 15.9 Å². The lowest BCUT2D eigenvalue weighted by atomic mass is 10.2. The van der Waals surface area contributed by atoms with E-state index in [1.54, 1.807) is 24.5 Å². The number of benzene rings is 1. The van der Waals surface area contributed by atoms with Crippen LogP contribution in [0.2, 0.25) is 0 Å². The standard InChI is InChI=1S/C13H13BrFN3O2S/c14-11-5-10(7-16)13(15)12(6-11)21(19,20)18-8-9-1-3-17-4-2-9/h1-6,18H,7-8,16H2. The van der Waals surface area contributed by atoms with E-state index in [1.807, 2.05) is 0 Å². The van der Waals surface area contributed by atoms with Gasteiger partial charge in [-0.15, -0.1) is 0 Å². The van der Waals surface area contributed by atoms with E-state index < -0.39 is 20.7 Å². The van der Waals surface area contributed by atoms with E-state index in [0.717, 1.165) is 5.56 Å². The summed E-state index contributed by atoms with van der Waals surface area (Å²) < 4.78 is 41.4. The molecule has 0 atom stereocenters. The fourth-order valence-electron chi connectivity index (χ4n) is 1.72. The topological polar surface area (TPSA) is 85.1 Å². The third kappa shape index (κ3) is 3.85. The van der Waals surface area contributed by atoms with Crippen LogP contribution in [0, 0.1) is 5.82 Å². The summed E-state index contributed by atoms with van der Waals surface area (Å²) in [6, 6.07) is 6.01. The smallest absolute Gasteiger partial charge is 0.243 e. The van der Waals surface area contributed by atoms with Gasteiger partial charge in [0, 0.05) is 35.5 Å². The van der Waals surface area contributed by atoms with E-state index in [0.29, 0.717) is 4.47 Å². The molecule has 0 amide bonds. The highest BCUT2D eigenvalue weighted by Crippen LogP contribution is 2.24. The molecule has 0 saturated carbocycles. The minimum Gasteiger partial charge on any atom is -0.326 e. The van der Waals surface area contributed by atoms with Crippen LogP contribution in [-0.4, -0.2) is 13.4 Å². The zero-order chi connectivity index (χ0) is 15.5. The average Bonchev–Trinajstić information content (AvgIpc) is 2.48. The molecule has 1 aromatic carbocycles. The summed E-state index contributed by atoms with van der Waals surface area (Å²) in [5.74, 6) is -0.831. The molecule has 0 aliphatic carbocycles. The second-order valence-electron chi connectivity index (χ2n) is 4.26. The van der Waals surface area contributed by atoms with Gasteiger partial charge in [-0.05, 0) is 29.8 Å². The Bertz CT molecular complexity index is 739. The highest BCUT2D eigenvalue weighted by molar-refractivity contribution is 9.10. The van der Waals surface area contributed by atoms with Crippen LogP contribution in [0.5, 0.6) is 0 Å². The van der Waals surface area contributed by atoms with Crippen LogP contribution in [0.15, 0.2) is 46.0 Å². The molecule has 8 heteroatoms. The number of hydrogen-bond donors (Lipinski definition) is 2. The van der Waals surface area contributed by atoms with Crippen molar-refractivity contribution in [1.82, 2.24) is 9.71 Å². The predicted octanol–water partition coefficient (Wildman–Crippen LogP) is 1.92. The summed E-state index contributed by atoms with van der Waals surface area (Å²) in [6.45, 7) is -0.0348. The molecule has 0 radical (unpaired) electrons. The fraction of sp³-hybridized carbons (Fsp3) is 0.154. The van der Waals surface area contributed by atoms with E-state index in [1.165, 1.54) is 12.1 Å². The average molecular weight is 374 g/mol. The van der Waals surface area contributed by atoms with Crippen LogP contribution in [0.4, 0.5) is 4.39 Å². The molecule has 0 aliphatic heterocycles. The highest BCUT2D eigenvalue weighted by Gasteiger charge is 2.21. The van der Waals surface area contributed by atoms with Crippen molar-refractivity contribution in [3.05, 3.63) is 58.1 Å². The number of nitrogens with one attached hydrogen (secondary N) is 1. The largest absolute Gasteiger partial charge is 0.326 e. The number of pyridine rings is 1. The Morgan fingerprint density at radius 3 is 2.57 bits per heavy atom. The van der Waals surface area contributed by atoms with Gasteiger partial charge in [0.05, 0.1) is 0 Å². The first kappa shape index (κ1) is 16.0. The Hall–Kier alpha value is -1.35. The summed E-state index contributed by atoms with van der Waals surface area (Å²) in [4.78, 5) is 3.41. The first-order valence-electron chi connectivity index (χ1n) is 6.00. The van der Waals surface area contributed by atoms with Gasteiger partial charge in [0.1, 0.15) is 10.7 Å². The predicted molar refractivity (Wildman–Crippen MR) is 80.3 cm³/mol. The highest BCUT2D eigenvalue weighted by atomic mass is 79.9. The first-order valence-corrected chi connectivity index (χ1v) is 8.28. The Balaban J connectivity index is 2.30. The number of halogens is 2. The van der Waals surface area contributed by atoms with E-state index in [-0.39, 0.29) is 18.7 Å². The van der Waals surface area contributed by atoms with Crippen molar-refractivity contribution in [2.75, 3.05) is 0 Å². The Morgan fingerprint density at radius 2 is 1.95 bits per heavy atom. The monoisotopic (exact) mass is 373 g/mol. The zero-order valence-corrected chi connectivity index (χ0v) is 13.3. The third-order valence-electron chi connectivity index (χ3n) is 2.80. The molecule has 112 valence electrons. The van der Waals surface area contributed by atoms with Gasteiger partial charge >= 0.3 is 0 Å². The Kier molecular flexibility index (Phi) is 5.04. The summed E-state index contributed by atoms with van der Waals surface area (Å²) in [7, 11) is -3.98. The molecule has 0 bridgehead atoms. The van der Waals surface area contributed by atoms with Crippen LogP contribution in [-0.2, 0) is 23.1 Å². The molecule has 2 rings (SSSR count). The van der Waals surface area contributed by atoms with E-state index in [9.17, 15) is 12.8 Å². The number of nitrogens with zero attached hydrogens (tertiary/aromatic N) is 1. The summed E-state index contributed by atoms with van der Waals surface area (Å²) in [5, 5.41) is 0. The van der Waals surface area contributed by atoms with Gasteiger partial charge in [0.25, 0.3) is 0 Å². The number of nitrogens with two attached hydrogens (primary N) is 1. The van der Waals surface area contributed by atoms with Gasteiger partial charge in [-0.2, -0.15) is 0 Å². The molecule has 0 spiro atoms. The summed E-state index contributed by atoms with van der Waals surface area (Å²) >= 11 is 3.15. The van der Waals surface area contributed by atoms with Gasteiger partial charge in [0.15, 0.2) is 0 Å². The van der Waals surface area contributed by atoms with Crippen LogP contribution < -0.4 is 10.5 Å². The van der Waals surface area contributed by atoms with Crippen molar-refractivity contribution >= 4 is 26.0 Å². The van der Waals surface area contributed by atoms with Crippen LogP contribution in [0.1, 0.15) is 11.1 Å². The Labute approximate surface area is 130 Å². The maximum atomic E-state index is 14.1. The molecule has 0 fully saturated rings. The maximum absolute atomic E-state index is 14.1. The normalized spacial score (nSPS) is 11.6. The van der Waals surface area contributed by atoms with Crippen molar-refractivity contribution < 1.29 is 12.8 Å². The molecule has 0 unspecified atom stereocenters. The van der Waals surface area contributed by atoms with Crippen molar-refractivity contribution in [2.45, 2.75) is 18.0 Å². The first-order chi connectivity index (χ1) is 9.94. The molecular formula is C13H13BrFN3O2S. The molecule has 21 heavy (non-hydrogen) atoms. The van der Waals surface area contributed by atoms with Crippen molar-refractivity contribution in [2.24, 2.45) is 5.73 Å². The van der Waals surface area contributed by atoms with E-state index in [4.69, 9.17) is 5.73 Å². The number of hydrogen-bond acceptors (Lipinski definition) is 4. The number of rotatable bonds is 5. The molecule has 1 aromatic heterocycles. The van der Waals surface area contributed by atoms with Crippen LogP contribution in [0.25, 0.3) is 0 Å². The Morgan fingerprint density at radius 1 is 1.29 bits per heavy atom. The van der Waals surface area contributed by atoms with Crippen molar-refractivity contribution in [3.8, 4) is 0 Å². The van der Waals surface area contributed by atoms with Gasteiger partial charge < -0.3 is 5.73 Å². The second-order valence-corrected chi connectivity index (χ2v) is 6.91. The zero-order valence-electron chi connectivity index (χ0n) is 10.9. The molecule has 0 aliphatic rings. The van der Waals surface area contributed by atoms with Crippen molar-refractivity contribution in [1.29, 1.82) is 0 Å². The van der Waals surface area contributed by atoms with Crippen molar-refractivity contribution in [3.63, 3.8) is 0 Å². The SMILES string of the molecule is NCc1cc(Br)cc(S(=O)(=O)NCc2ccncc2)c1F. The quantitative estimate of drug-likeness (QED) is 0.838. The van der Waals surface area contributed by atoms with Gasteiger partial charge in [-0.25, -0.2) is 17.5 Å². The molecule has 0 saturated heterocycles. The van der Waals surface area contributed by atoms with Crippen LogP contribution >= 0.6 is 15.9 Å². The molecular weight excluding hydrogens is 361 g/mol. The number of aromatic nitrogens is 1. The lowest BCUT2D eigenvalue weighted by molar-refractivity contribution is 0.549. The molecule has 3 N–H and O–H groups in total. The third-order valence-corrected chi connectivity index (χ3v) is 4.66. The fourth-order valence-corrected chi connectivity index (χ4v) is 3.54. The molecule has 1 heterocycles. The minimum atomic E-state index is -3.98. The lowest BCUT2D eigenvalue weighted by Gasteiger charge is -2.10. The number of sulfonamides is 1. The van der Waals surface area contributed by atoms with Gasteiger partial charge in [0.2, 0.25) is 10.0 Å². The second kappa shape index (κ2) is 6.61. The lowest BCUT2D eigenvalue weighted by Crippen LogP contribution is -2.25. The van der Waals surface area contributed by atoms with Crippen LogP contribution in [0.3, 0.4) is 0 Å². The molecule has 5 nitrogen and oxygen atoms in total. The molecule has 2 aromatic rings. The van der Waals surface area contributed by atoms with E-state index in [2.05, 4.69) is 25.6 Å².